The molecule has 0 spiro atoms. The number of thioether (sulfide) groups is 1. The van der Waals surface area contributed by atoms with Gasteiger partial charge < -0.3 is 15.8 Å². The lowest BCUT2D eigenvalue weighted by molar-refractivity contribution is 0.279. The molecule has 0 aromatic rings. The van der Waals surface area contributed by atoms with Crippen LogP contribution < -0.4 is 5.73 Å². The molecule has 3 N–H and O–H groups in total. The number of nitrogens with zero attached hydrogens (tertiary/aromatic N) is 2. The summed E-state index contributed by atoms with van der Waals surface area (Å²) in [5, 5.41) is 11.8. The summed E-state index contributed by atoms with van der Waals surface area (Å²) in [7, 11) is 0. The predicted molar refractivity (Wildman–Crippen MR) is 79.4 cm³/mol. The van der Waals surface area contributed by atoms with Gasteiger partial charge in [0, 0.05) is 17.7 Å². The SMILES string of the molecule is CC(C)(CCCCN1CCCSCC1)C(N)=NO. The van der Waals surface area contributed by atoms with E-state index in [0.29, 0.717) is 5.84 Å². The highest BCUT2D eigenvalue weighted by Gasteiger charge is 2.22. The van der Waals surface area contributed by atoms with Crippen LogP contribution in [0.3, 0.4) is 0 Å². The summed E-state index contributed by atoms with van der Waals surface area (Å²) in [6.07, 6.45) is 4.63. The summed E-state index contributed by atoms with van der Waals surface area (Å²) in [5.41, 5.74) is 5.49. The van der Waals surface area contributed by atoms with Crippen LogP contribution >= 0.6 is 11.8 Å². The van der Waals surface area contributed by atoms with Crippen molar-refractivity contribution in [3.8, 4) is 0 Å². The molecule has 0 saturated carbocycles. The van der Waals surface area contributed by atoms with Gasteiger partial charge in [-0.2, -0.15) is 11.8 Å². The van der Waals surface area contributed by atoms with Crippen molar-refractivity contribution in [1.82, 2.24) is 4.90 Å². The zero-order valence-electron chi connectivity index (χ0n) is 11.7. The Morgan fingerprint density at radius 2 is 2.11 bits per heavy atom. The van der Waals surface area contributed by atoms with Gasteiger partial charge in [0.25, 0.3) is 0 Å². The van der Waals surface area contributed by atoms with E-state index in [2.05, 4.69) is 21.8 Å². The molecule has 0 bridgehead atoms. The van der Waals surface area contributed by atoms with Crippen LogP contribution in [-0.4, -0.2) is 47.1 Å². The second-order valence-corrected chi connectivity index (χ2v) is 6.86. The van der Waals surface area contributed by atoms with Gasteiger partial charge in [-0.3, -0.25) is 0 Å². The first-order valence-electron chi connectivity index (χ1n) is 6.84. The molecule has 1 heterocycles. The van der Waals surface area contributed by atoms with Crippen molar-refractivity contribution >= 4 is 17.6 Å². The number of oxime groups is 1. The Morgan fingerprint density at radius 3 is 2.83 bits per heavy atom. The maximum Gasteiger partial charge on any atom is 0.144 e. The van der Waals surface area contributed by atoms with Crippen LogP contribution in [0.4, 0.5) is 0 Å². The Morgan fingerprint density at radius 1 is 1.33 bits per heavy atom. The fourth-order valence-electron chi connectivity index (χ4n) is 2.19. The Kier molecular flexibility index (Phi) is 6.86. The van der Waals surface area contributed by atoms with Crippen LogP contribution in [-0.2, 0) is 0 Å². The second-order valence-electron chi connectivity index (χ2n) is 5.63. The molecule has 1 aliphatic rings. The molecular formula is C13H27N3OS. The number of amidine groups is 1. The minimum atomic E-state index is -0.191. The van der Waals surface area contributed by atoms with Crippen LogP contribution in [0.15, 0.2) is 5.16 Å². The van der Waals surface area contributed by atoms with Crippen LogP contribution in [0.5, 0.6) is 0 Å². The van der Waals surface area contributed by atoms with E-state index in [9.17, 15) is 0 Å². The van der Waals surface area contributed by atoms with E-state index in [1.54, 1.807) is 0 Å². The zero-order valence-corrected chi connectivity index (χ0v) is 12.5. The Hall–Kier alpha value is -0.420. The summed E-state index contributed by atoms with van der Waals surface area (Å²) in [4.78, 5) is 2.57. The number of hydrogen-bond donors (Lipinski definition) is 2. The van der Waals surface area contributed by atoms with Gasteiger partial charge in [-0.25, -0.2) is 0 Å². The summed E-state index contributed by atoms with van der Waals surface area (Å²) >= 11 is 2.07. The molecule has 0 unspecified atom stereocenters. The van der Waals surface area contributed by atoms with E-state index in [0.717, 1.165) is 12.8 Å². The predicted octanol–water partition coefficient (Wildman–Crippen LogP) is 2.37. The Labute approximate surface area is 115 Å². The average molecular weight is 273 g/mol. The van der Waals surface area contributed by atoms with Crippen molar-refractivity contribution in [3.63, 3.8) is 0 Å². The van der Waals surface area contributed by atoms with Gasteiger partial charge in [-0.05, 0) is 38.1 Å². The molecule has 0 atom stereocenters. The van der Waals surface area contributed by atoms with E-state index < -0.39 is 0 Å². The molecule has 4 nitrogen and oxygen atoms in total. The van der Waals surface area contributed by atoms with Gasteiger partial charge in [-0.15, -0.1) is 0 Å². The third-order valence-corrected chi connectivity index (χ3v) is 4.69. The molecule has 5 heteroatoms. The highest BCUT2D eigenvalue weighted by Crippen LogP contribution is 2.23. The summed E-state index contributed by atoms with van der Waals surface area (Å²) in [6.45, 7) is 7.73. The first-order valence-corrected chi connectivity index (χ1v) is 8.00. The molecule has 1 aliphatic heterocycles. The smallest absolute Gasteiger partial charge is 0.144 e. The standard InChI is InChI=1S/C13H27N3OS/c1-13(2,12(14)15-17)6-3-4-7-16-8-5-10-18-11-9-16/h17H,3-11H2,1-2H3,(H2,14,15). The lowest BCUT2D eigenvalue weighted by atomic mass is 9.86. The normalized spacial score (nSPS) is 19.8. The maximum atomic E-state index is 8.71. The first kappa shape index (κ1) is 15.6. The number of unbranched alkanes of at least 4 members (excludes halogenated alkanes) is 1. The lowest BCUT2D eigenvalue weighted by Gasteiger charge is -2.24. The van der Waals surface area contributed by atoms with Crippen LogP contribution in [0.25, 0.3) is 0 Å². The van der Waals surface area contributed by atoms with E-state index in [1.807, 2.05) is 13.8 Å². The van der Waals surface area contributed by atoms with Crippen molar-refractivity contribution in [1.29, 1.82) is 0 Å². The summed E-state index contributed by atoms with van der Waals surface area (Å²) in [6, 6.07) is 0. The monoisotopic (exact) mass is 273 g/mol. The molecule has 1 rings (SSSR count). The van der Waals surface area contributed by atoms with Gasteiger partial charge in [0.05, 0.1) is 0 Å². The van der Waals surface area contributed by atoms with Gasteiger partial charge in [0.15, 0.2) is 0 Å². The Balaban J connectivity index is 2.17. The van der Waals surface area contributed by atoms with Gasteiger partial charge in [0.1, 0.15) is 5.84 Å². The lowest BCUT2D eigenvalue weighted by Crippen LogP contribution is -2.32. The quantitative estimate of drug-likeness (QED) is 0.256. The van der Waals surface area contributed by atoms with Gasteiger partial charge in [0.2, 0.25) is 0 Å². The molecule has 18 heavy (non-hydrogen) atoms. The van der Waals surface area contributed by atoms with Crippen molar-refractivity contribution in [3.05, 3.63) is 0 Å². The zero-order chi connectivity index (χ0) is 13.4. The van der Waals surface area contributed by atoms with E-state index >= 15 is 0 Å². The minimum absolute atomic E-state index is 0.191. The van der Waals surface area contributed by atoms with Crippen LogP contribution in [0, 0.1) is 5.41 Å². The van der Waals surface area contributed by atoms with Gasteiger partial charge >= 0.3 is 0 Å². The van der Waals surface area contributed by atoms with Crippen molar-refractivity contribution < 1.29 is 5.21 Å². The number of rotatable bonds is 6. The fourth-order valence-corrected chi connectivity index (χ4v) is 3.11. The Bertz CT molecular complexity index is 261. The van der Waals surface area contributed by atoms with Crippen molar-refractivity contribution in [2.75, 3.05) is 31.1 Å². The first-order chi connectivity index (χ1) is 8.56. The van der Waals surface area contributed by atoms with E-state index in [-0.39, 0.29) is 5.41 Å². The highest BCUT2D eigenvalue weighted by molar-refractivity contribution is 7.99. The molecule has 0 aromatic heterocycles. The average Bonchev–Trinajstić information content (AvgIpc) is 2.62. The largest absolute Gasteiger partial charge is 0.409 e. The molecule has 0 radical (unpaired) electrons. The molecule has 1 saturated heterocycles. The third-order valence-electron chi connectivity index (χ3n) is 3.64. The number of nitrogens with two attached hydrogens (primary N) is 1. The molecule has 0 aliphatic carbocycles. The summed E-state index contributed by atoms with van der Waals surface area (Å²) < 4.78 is 0. The molecule has 0 amide bonds. The van der Waals surface area contributed by atoms with Crippen LogP contribution in [0.1, 0.15) is 39.5 Å². The van der Waals surface area contributed by atoms with Crippen molar-refractivity contribution in [2.24, 2.45) is 16.3 Å². The maximum absolute atomic E-state index is 8.71. The van der Waals surface area contributed by atoms with Gasteiger partial charge in [-0.1, -0.05) is 25.4 Å². The molecular weight excluding hydrogens is 246 g/mol. The summed E-state index contributed by atoms with van der Waals surface area (Å²) in [5.74, 6) is 2.93. The van der Waals surface area contributed by atoms with Crippen molar-refractivity contribution in [2.45, 2.75) is 39.5 Å². The second kappa shape index (κ2) is 7.89. The fraction of sp³-hybridized carbons (Fsp3) is 0.923. The number of hydrogen-bond acceptors (Lipinski definition) is 4. The van der Waals surface area contributed by atoms with Crippen LogP contribution in [0.2, 0.25) is 0 Å². The third kappa shape index (κ3) is 5.48. The van der Waals surface area contributed by atoms with E-state index in [1.165, 1.54) is 44.0 Å². The minimum Gasteiger partial charge on any atom is -0.409 e. The highest BCUT2D eigenvalue weighted by atomic mass is 32.2. The molecule has 0 aromatic carbocycles. The molecule has 106 valence electrons. The van der Waals surface area contributed by atoms with E-state index in [4.69, 9.17) is 10.9 Å². The topological polar surface area (TPSA) is 61.8 Å². The molecule has 1 fully saturated rings.